The summed E-state index contributed by atoms with van der Waals surface area (Å²) in [5.74, 6) is 1.94. The van der Waals surface area contributed by atoms with E-state index in [1.54, 1.807) is 12.3 Å². The van der Waals surface area contributed by atoms with E-state index in [-0.39, 0.29) is 24.2 Å². The van der Waals surface area contributed by atoms with E-state index >= 15 is 0 Å². The maximum atomic E-state index is 10.8. The molecule has 4 rings (SSSR count). The second-order valence-corrected chi connectivity index (χ2v) is 11.7. The van der Waals surface area contributed by atoms with Crippen LogP contribution in [0.4, 0.5) is 5.82 Å². The Morgan fingerprint density at radius 3 is 2.71 bits per heavy atom. The first kappa shape index (κ1) is 30.9. The Kier molecular flexibility index (Phi) is 11.9. The molecule has 224 valence electrons. The summed E-state index contributed by atoms with van der Waals surface area (Å²) in [6.45, 7) is 0.649. The lowest BCUT2D eigenvalue weighted by molar-refractivity contribution is 0.0351. The monoisotopic (exact) mass is 565 g/mol. The molecule has 1 saturated carbocycles. The zero-order chi connectivity index (χ0) is 29.0. The maximum absolute atomic E-state index is 10.8. The number of hydrogen-bond acceptors (Lipinski definition) is 7. The van der Waals surface area contributed by atoms with E-state index in [0.29, 0.717) is 43.4 Å². The number of aliphatic hydroxyl groups excluding tert-OH is 3. The number of aliphatic hydroxyl groups is 3. The van der Waals surface area contributed by atoms with Gasteiger partial charge in [0, 0.05) is 24.7 Å². The number of phenols is 1. The smallest absolute Gasteiger partial charge is 0.161 e. The van der Waals surface area contributed by atoms with E-state index in [2.05, 4.69) is 16.0 Å². The highest BCUT2D eigenvalue weighted by molar-refractivity contribution is 5.42. The van der Waals surface area contributed by atoms with Gasteiger partial charge < -0.3 is 35.9 Å². The summed E-state index contributed by atoms with van der Waals surface area (Å²) >= 11 is 0. The predicted octanol–water partition coefficient (Wildman–Crippen LogP) is 5.12. The van der Waals surface area contributed by atoms with Crippen LogP contribution in [0.2, 0.25) is 0 Å². The Bertz CT molecular complexity index is 1170. The first-order chi connectivity index (χ1) is 19.9. The summed E-state index contributed by atoms with van der Waals surface area (Å²) in [7, 11) is 0. The third kappa shape index (κ3) is 9.76. The molecule has 41 heavy (non-hydrogen) atoms. The molecule has 3 aromatic rings. The van der Waals surface area contributed by atoms with Crippen molar-refractivity contribution in [1.82, 2.24) is 9.97 Å². The molecule has 0 saturated heterocycles. The third-order valence-corrected chi connectivity index (χ3v) is 8.65. The van der Waals surface area contributed by atoms with Gasteiger partial charge in [-0.05, 0) is 117 Å². The van der Waals surface area contributed by atoms with Crippen LogP contribution in [0.25, 0.3) is 0 Å². The molecule has 0 spiro atoms. The summed E-state index contributed by atoms with van der Waals surface area (Å²) in [4.78, 5) is 7.38. The number of H-pyrrole nitrogens is 1. The van der Waals surface area contributed by atoms with Crippen molar-refractivity contribution in [3.63, 3.8) is 0 Å². The van der Waals surface area contributed by atoms with E-state index in [1.165, 1.54) is 0 Å². The SMILES string of the molecule is Nc1cc(C(CCOc2cc(CCC(O)CC(O)C3CCCC(CCO)CC3)ccc2O)Cc2ccc[nH]2)ccn1. The minimum absolute atomic E-state index is 0.0895. The van der Waals surface area contributed by atoms with Crippen LogP contribution in [0.3, 0.4) is 0 Å². The Balaban J connectivity index is 1.26. The summed E-state index contributed by atoms with van der Waals surface area (Å²) in [6.07, 6.45) is 11.6. The maximum Gasteiger partial charge on any atom is 0.161 e. The molecule has 1 fully saturated rings. The number of benzene rings is 1. The van der Waals surface area contributed by atoms with Crippen LogP contribution >= 0.6 is 0 Å². The first-order valence-corrected chi connectivity index (χ1v) is 15.2. The number of aryl methyl sites for hydroxylation is 1. The number of ether oxygens (including phenoxy) is 1. The van der Waals surface area contributed by atoms with Gasteiger partial charge in [-0.2, -0.15) is 0 Å². The number of aromatic hydroxyl groups is 1. The van der Waals surface area contributed by atoms with Crippen molar-refractivity contribution in [1.29, 1.82) is 0 Å². The molecule has 2 heterocycles. The normalized spacial score (nSPS) is 19.8. The number of aromatic amines is 1. The Morgan fingerprint density at radius 2 is 1.93 bits per heavy atom. The van der Waals surface area contributed by atoms with Crippen LogP contribution in [0, 0.1) is 11.8 Å². The van der Waals surface area contributed by atoms with Gasteiger partial charge in [0.2, 0.25) is 0 Å². The van der Waals surface area contributed by atoms with E-state index < -0.39 is 12.2 Å². The summed E-state index contributed by atoms with van der Waals surface area (Å²) in [5, 5.41) is 41.2. The summed E-state index contributed by atoms with van der Waals surface area (Å²) in [6, 6.07) is 13.3. The number of nitrogens with one attached hydrogen (secondary N) is 1. The molecule has 8 nitrogen and oxygen atoms in total. The molecule has 2 aromatic heterocycles. The molecule has 1 aliphatic carbocycles. The van der Waals surface area contributed by atoms with Gasteiger partial charge in [-0.3, -0.25) is 0 Å². The number of pyridine rings is 1. The first-order valence-electron chi connectivity index (χ1n) is 15.2. The van der Waals surface area contributed by atoms with Gasteiger partial charge in [-0.25, -0.2) is 4.98 Å². The van der Waals surface area contributed by atoms with Crippen LogP contribution in [-0.2, 0) is 12.8 Å². The number of hydrogen-bond donors (Lipinski definition) is 6. The van der Waals surface area contributed by atoms with Crippen LogP contribution in [0.15, 0.2) is 54.9 Å². The second-order valence-electron chi connectivity index (χ2n) is 11.7. The molecule has 8 heteroatoms. The largest absolute Gasteiger partial charge is 0.504 e. The molecule has 0 bridgehead atoms. The molecule has 5 unspecified atom stereocenters. The minimum Gasteiger partial charge on any atom is -0.504 e. The molecule has 7 N–H and O–H groups in total. The number of nitrogens with two attached hydrogens (primary N) is 1. The number of aromatic nitrogens is 2. The highest BCUT2D eigenvalue weighted by atomic mass is 16.5. The Hall–Kier alpha value is -3.07. The van der Waals surface area contributed by atoms with Crippen molar-refractivity contribution in [2.24, 2.45) is 11.8 Å². The molecular weight excluding hydrogens is 518 g/mol. The fourth-order valence-electron chi connectivity index (χ4n) is 6.19. The zero-order valence-corrected chi connectivity index (χ0v) is 24.0. The number of rotatable bonds is 15. The number of nitrogens with zero attached hydrogens (tertiary/aromatic N) is 1. The third-order valence-electron chi connectivity index (χ3n) is 8.65. The van der Waals surface area contributed by atoms with Crippen LogP contribution < -0.4 is 10.5 Å². The lowest BCUT2D eigenvalue weighted by atomic mass is 9.89. The van der Waals surface area contributed by atoms with Gasteiger partial charge in [0.25, 0.3) is 0 Å². The quantitative estimate of drug-likeness (QED) is 0.140. The van der Waals surface area contributed by atoms with Crippen LogP contribution in [0.1, 0.15) is 80.5 Å². The number of anilines is 1. The van der Waals surface area contributed by atoms with Crippen molar-refractivity contribution in [2.45, 2.75) is 88.8 Å². The molecule has 1 aromatic carbocycles. The fourth-order valence-corrected chi connectivity index (χ4v) is 6.19. The number of phenolic OH excluding ortho intramolecular Hbond substituents is 1. The van der Waals surface area contributed by atoms with Crippen LogP contribution in [0.5, 0.6) is 11.5 Å². The van der Waals surface area contributed by atoms with Crippen molar-refractivity contribution >= 4 is 5.82 Å². The molecule has 0 amide bonds. The molecule has 5 atom stereocenters. The second kappa shape index (κ2) is 15.8. The topological polar surface area (TPSA) is 145 Å². The standard InChI is InChI=1S/C33H47N3O5/c34-33-21-26(12-16-36-33)27(20-28-5-2-15-35-28)14-18-41-32-19-24(8-11-30(32)39)7-10-29(38)22-31(40)25-4-1-3-23(6-9-25)13-17-37/h2,5,8,11-12,15-16,19,21,23,25,27,29,31,35,37-40H,1,3-4,6-7,9-10,13-14,17-18,20,22H2,(H2,34,36). The summed E-state index contributed by atoms with van der Waals surface area (Å²) in [5.41, 5.74) is 9.13. The Labute approximate surface area is 243 Å². The van der Waals surface area contributed by atoms with E-state index in [4.69, 9.17) is 10.5 Å². The average Bonchev–Trinajstić information content (AvgIpc) is 3.36. The summed E-state index contributed by atoms with van der Waals surface area (Å²) < 4.78 is 6.04. The van der Waals surface area contributed by atoms with Gasteiger partial charge in [-0.1, -0.05) is 25.3 Å². The zero-order valence-electron chi connectivity index (χ0n) is 24.0. The lowest BCUT2D eigenvalue weighted by Crippen LogP contribution is -2.26. The van der Waals surface area contributed by atoms with Crippen molar-refractivity contribution in [3.05, 3.63) is 71.7 Å². The molecule has 1 aliphatic rings. The van der Waals surface area contributed by atoms with Gasteiger partial charge in [0.05, 0.1) is 18.8 Å². The predicted molar refractivity (Wildman–Crippen MR) is 161 cm³/mol. The number of nitrogen functional groups attached to an aromatic ring is 1. The van der Waals surface area contributed by atoms with E-state index in [1.807, 2.05) is 36.5 Å². The highest BCUT2D eigenvalue weighted by Gasteiger charge is 2.26. The average molecular weight is 566 g/mol. The van der Waals surface area contributed by atoms with E-state index in [0.717, 1.165) is 68.2 Å². The van der Waals surface area contributed by atoms with Crippen molar-refractivity contribution in [2.75, 3.05) is 18.9 Å². The van der Waals surface area contributed by atoms with Gasteiger partial charge >= 0.3 is 0 Å². The highest BCUT2D eigenvalue weighted by Crippen LogP contribution is 2.33. The van der Waals surface area contributed by atoms with Crippen molar-refractivity contribution in [3.8, 4) is 11.5 Å². The fraction of sp³-hybridized carbons (Fsp3) is 0.545. The molecular formula is C33H47N3O5. The van der Waals surface area contributed by atoms with Gasteiger partial charge in [0.15, 0.2) is 11.5 Å². The molecule has 0 radical (unpaired) electrons. The van der Waals surface area contributed by atoms with E-state index in [9.17, 15) is 20.4 Å². The van der Waals surface area contributed by atoms with Gasteiger partial charge in [0.1, 0.15) is 5.82 Å². The lowest BCUT2D eigenvalue weighted by Gasteiger charge is -2.24. The van der Waals surface area contributed by atoms with Gasteiger partial charge in [-0.15, -0.1) is 0 Å². The van der Waals surface area contributed by atoms with Crippen LogP contribution in [-0.4, -0.2) is 55.8 Å². The van der Waals surface area contributed by atoms with Crippen molar-refractivity contribution < 1.29 is 25.2 Å². The molecule has 0 aliphatic heterocycles. The minimum atomic E-state index is -0.596. The Morgan fingerprint density at radius 1 is 1.05 bits per heavy atom.